The van der Waals surface area contributed by atoms with Gasteiger partial charge in [0.15, 0.2) is 5.78 Å². The van der Waals surface area contributed by atoms with Gasteiger partial charge < -0.3 is 61.3 Å². The van der Waals surface area contributed by atoms with Crippen LogP contribution in [0.3, 0.4) is 0 Å². The van der Waals surface area contributed by atoms with Crippen molar-refractivity contribution in [3.63, 3.8) is 0 Å². The van der Waals surface area contributed by atoms with Crippen molar-refractivity contribution in [3.8, 4) is 92.3 Å². The largest absolute Gasteiger partial charge is 0.511 e. The number of thioether (sulfide) groups is 3. The van der Waals surface area contributed by atoms with Gasteiger partial charge in [-0.25, -0.2) is 0 Å². The third kappa shape index (κ3) is 25.0. The zero-order chi connectivity index (χ0) is 62.6. The molecule has 0 bridgehead atoms. The molecule has 3 aliphatic rings. The highest BCUT2D eigenvalue weighted by atomic mass is 32.2. The minimum absolute atomic E-state index is 0.00148. The topological polar surface area (TPSA) is 331 Å². The number of hydrogen-bond donors (Lipinski definition) is 19. The summed E-state index contributed by atoms with van der Waals surface area (Å²) in [5.74, 6) is 15.3. The molecule has 0 saturated heterocycles. The smallest absolute Gasteiger partial charge is 0.195 e. The molecule has 3 aliphatic carbocycles. The summed E-state index contributed by atoms with van der Waals surface area (Å²) < 4.78 is 0. The van der Waals surface area contributed by atoms with E-state index in [1.165, 1.54) is 30.4 Å². The van der Waals surface area contributed by atoms with Crippen LogP contribution in [0.4, 0.5) is 0 Å². The van der Waals surface area contributed by atoms with Gasteiger partial charge in [0.2, 0.25) is 0 Å². The molecule has 13 unspecified atom stereocenters. The lowest BCUT2D eigenvalue weighted by Crippen LogP contribution is -2.47. The maximum absolute atomic E-state index is 11.0. The number of hydrogen-bond acceptors (Lipinski definition) is 26. The fourth-order valence-electron chi connectivity index (χ4n) is 5.88. The second-order valence-corrected chi connectivity index (χ2v) is 22.2. The molecule has 0 aromatic rings. The van der Waals surface area contributed by atoms with Crippen molar-refractivity contribution in [3.05, 3.63) is 58.6 Å². The number of aliphatic hydroxyl groups is 12. The number of aliphatic hydroxyl groups excluding tert-OH is 12. The maximum Gasteiger partial charge on any atom is 0.195 e. The molecule has 0 heterocycles. The first-order valence-corrected chi connectivity index (χ1v) is 30.8. The Morgan fingerprint density at radius 3 is 1.27 bits per heavy atom. The maximum atomic E-state index is 11.0. The molecular weight excluding hydrogens is 1220 g/mol. The highest BCUT2D eigenvalue weighted by Gasteiger charge is 2.51. The lowest BCUT2D eigenvalue weighted by Gasteiger charge is -2.42. The molecule has 0 amide bonds. The monoisotopic (exact) mass is 1290 g/mol. The predicted molar refractivity (Wildman–Crippen MR) is 345 cm³/mol. The molecule has 0 fully saturated rings. The van der Waals surface area contributed by atoms with Crippen LogP contribution >= 0.6 is 124 Å². The third-order valence-corrected chi connectivity index (χ3v) is 17.9. The van der Waals surface area contributed by atoms with Gasteiger partial charge in [-0.15, -0.1) is 73.8 Å². The van der Waals surface area contributed by atoms with Crippen molar-refractivity contribution in [1.29, 1.82) is 15.8 Å². The van der Waals surface area contributed by atoms with Crippen LogP contribution in [-0.2, 0) is 4.79 Å². The van der Waals surface area contributed by atoms with E-state index in [-0.39, 0.29) is 92.2 Å². The fraction of sp³-hybridized carbons (Fsp3) is 0.519. The normalized spacial score (nSPS) is 21.6. The molecule has 3 rings (SSSR count). The molecule has 26 heteroatoms. The molecule has 0 radical (unpaired) electrons. The first-order valence-electron chi connectivity index (χ1n) is 23.3. The number of allylic oxidation sites excluding steroid dienone is 7. The molecule has 80 heavy (non-hydrogen) atoms. The Morgan fingerprint density at radius 1 is 0.550 bits per heavy atom. The van der Waals surface area contributed by atoms with Crippen LogP contribution in [0.15, 0.2) is 58.6 Å². The van der Waals surface area contributed by atoms with E-state index >= 15 is 0 Å². The number of carbonyl (C=O) groups is 1. The first kappa shape index (κ1) is 81.1. The first-order chi connectivity index (χ1) is 37.8. The molecule has 0 saturated carbocycles. The van der Waals surface area contributed by atoms with Crippen LogP contribution in [0, 0.1) is 124 Å². The highest BCUT2D eigenvalue weighted by Crippen LogP contribution is 2.51. The quantitative estimate of drug-likeness (QED) is 0.0473. The number of thiol groups is 7. The summed E-state index contributed by atoms with van der Waals surface area (Å²) >= 11 is 29.9. The van der Waals surface area contributed by atoms with Gasteiger partial charge in [-0.2, -0.15) is 104 Å². The number of nitriles is 3. The van der Waals surface area contributed by atoms with Crippen molar-refractivity contribution in [1.82, 2.24) is 0 Å². The zero-order valence-electron chi connectivity index (χ0n) is 43.4. The number of terminal acetylenes is 6. The Hall–Kier alpha value is -3.10. The van der Waals surface area contributed by atoms with Crippen LogP contribution in [0.1, 0.15) is 20.3 Å². The molecule has 0 aromatic carbocycles. The summed E-state index contributed by atoms with van der Waals surface area (Å²) in [6.45, 7) is 4.00. The van der Waals surface area contributed by atoms with Crippen molar-refractivity contribution in [2.24, 2.45) is 16.2 Å². The average Bonchev–Trinajstić information content (AvgIpc) is 3.49. The molecule has 16 nitrogen and oxygen atoms in total. The Balaban J connectivity index is -0.000000998. The highest BCUT2D eigenvalue weighted by molar-refractivity contribution is 8.01. The molecule has 13 atom stereocenters. The van der Waals surface area contributed by atoms with Crippen molar-refractivity contribution in [2.45, 2.75) is 96.4 Å². The van der Waals surface area contributed by atoms with E-state index in [0.29, 0.717) is 0 Å². The van der Waals surface area contributed by atoms with Gasteiger partial charge in [-0.1, -0.05) is 49.4 Å². The molecule has 12 N–H and O–H groups in total. The van der Waals surface area contributed by atoms with E-state index in [2.05, 4.69) is 124 Å². The van der Waals surface area contributed by atoms with Crippen molar-refractivity contribution >= 4 is 129 Å². The van der Waals surface area contributed by atoms with Crippen LogP contribution in [0.5, 0.6) is 0 Å². The van der Waals surface area contributed by atoms with Gasteiger partial charge in [-0.05, 0) is 30.4 Å². The van der Waals surface area contributed by atoms with Gasteiger partial charge in [0.05, 0.1) is 94.3 Å². The van der Waals surface area contributed by atoms with Gasteiger partial charge in [0.25, 0.3) is 0 Å². The Bertz CT molecular complexity index is 2430. The molecular formula is C54H69N3O13S10. The predicted octanol–water partition coefficient (Wildman–Crippen LogP) is 2.33. The van der Waals surface area contributed by atoms with Gasteiger partial charge >= 0.3 is 0 Å². The fourth-order valence-corrected chi connectivity index (χ4v) is 12.1. The van der Waals surface area contributed by atoms with E-state index in [1.54, 1.807) is 6.07 Å². The second kappa shape index (κ2) is 43.5. The minimum Gasteiger partial charge on any atom is -0.511 e. The summed E-state index contributed by atoms with van der Waals surface area (Å²) in [6, 6.07) is 5.57. The number of ketones is 1. The lowest BCUT2D eigenvalue weighted by molar-refractivity contribution is -0.111. The number of nitrogens with zero attached hydrogens (tertiary/aromatic N) is 3. The van der Waals surface area contributed by atoms with Crippen molar-refractivity contribution < 1.29 is 66.1 Å². The lowest BCUT2D eigenvalue weighted by atomic mass is 9.73. The van der Waals surface area contributed by atoms with E-state index in [0.717, 1.165) is 35.3 Å². The van der Waals surface area contributed by atoms with E-state index in [4.69, 9.17) is 64.2 Å². The molecule has 0 aromatic heterocycles. The Labute approximate surface area is 522 Å². The van der Waals surface area contributed by atoms with Crippen LogP contribution in [0.25, 0.3) is 0 Å². The summed E-state index contributed by atoms with van der Waals surface area (Å²) in [6.07, 6.45) is 31.3. The standard InChI is InChI=1S/C18H23NO5S4.C15H15NO3S2.C11H5NO.2C4H10O2S2.C2H6/c1-3-18(4-2)15(28-17(24)13(22)8-26)5-11(20)10(6-19)16(18)27-9-14(23)12(21)7-25;1-3-15(4-2)6-5-11(17)10(7-16)14(15)21-9-13(19)12(18)8-20;1-3-11(4-2)6-5-10(13)9(7-11)8-12;2*5-3(1-7)4(6)2-8;1-2/h1-2,12-17,20-26H,5,7-9H2;1-2,5-6,12-14,17-20H,8-9H2;1-2,5-7H;2*3-8H,1-2H2;1-2H3. The SMILES string of the molecule is C#CC1(C#C)C(SC(O)C(O)CS)CC(O)=C(C#N)C1SCC(O)C(O)CS.C#CC1(C#C)C=CC(=O)C(C#N)=C1.C#CC1(C#C)C=CC(O)=C(C#N)C1SCC(O)C(O)CS.CC.OC(CS)C(O)CS.OC(CS)C(O)CS. The van der Waals surface area contributed by atoms with E-state index < -0.39 is 92.4 Å². The van der Waals surface area contributed by atoms with Gasteiger partial charge in [0, 0.05) is 63.4 Å². The molecule has 438 valence electrons. The second-order valence-electron chi connectivity index (χ2n) is 16.1. The molecule has 0 aliphatic heterocycles. The van der Waals surface area contributed by atoms with Crippen LogP contribution < -0.4 is 0 Å². The molecule has 0 spiro atoms. The summed E-state index contributed by atoms with van der Waals surface area (Å²) in [7, 11) is 0. The number of rotatable bonds is 20. The van der Waals surface area contributed by atoms with E-state index in [9.17, 15) is 56.2 Å². The summed E-state index contributed by atoms with van der Waals surface area (Å²) in [4.78, 5) is 11.0. The summed E-state index contributed by atoms with van der Waals surface area (Å²) in [5.41, 5.74) is -4.75. The Kier molecular flexibility index (Phi) is 44.1. The minimum atomic E-state index is -1.38. The number of carbonyl (C=O) groups excluding carboxylic acids is 1. The van der Waals surface area contributed by atoms with Crippen LogP contribution in [-0.4, -0.2) is 195 Å². The van der Waals surface area contributed by atoms with Crippen LogP contribution in [0.2, 0.25) is 0 Å². The van der Waals surface area contributed by atoms with Gasteiger partial charge in [-0.3, -0.25) is 4.79 Å². The van der Waals surface area contributed by atoms with Crippen molar-refractivity contribution in [2.75, 3.05) is 51.8 Å². The zero-order valence-corrected chi connectivity index (χ0v) is 52.1. The average molecular weight is 1290 g/mol. The third-order valence-electron chi connectivity index (χ3n) is 10.8. The van der Waals surface area contributed by atoms with Gasteiger partial charge in [0.1, 0.15) is 39.3 Å². The Morgan fingerprint density at radius 2 is 0.938 bits per heavy atom. The summed E-state index contributed by atoms with van der Waals surface area (Å²) in [5, 5.41) is 139. The van der Waals surface area contributed by atoms with E-state index in [1.807, 2.05) is 26.0 Å².